The molecule has 0 aliphatic carbocycles. The molecule has 0 bridgehead atoms. The zero-order valence-corrected chi connectivity index (χ0v) is 16.4. The van der Waals surface area contributed by atoms with Crippen LogP contribution in [-0.2, 0) is 25.5 Å². The van der Waals surface area contributed by atoms with Crippen LogP contribution in [0.1, 0.15) is 26.3 Å². The first kappa shape index (κ1) is 22.9. The van der Waals surface area contributed by atoms with Gasteiger partial charge in [-0.25, -0.2) is 4.79 Å². The van der Waals surface area contributed by atoms with E-state index < -0.39 is 42.0 Å². The van der Waals surface area contributed by atoms with E-state index in [1.807, 2.05) is 6.07 Å². The number of carbonyl (C=O) groups is 4. The van der Waals surface area contributed by atoms with Gasteiger partial charge in [-0.15, -0.1) is 0 Å². The predicted octanol–water partition coefficient (Wildman–Crippen LogP) is 0.684. The van der Waals surface area contributed by atoms with Gasteiger partial charge in [0.2, 0.25) is 11.8 Å². The third-order valence-corrected chi connectivity index (χ3v) is 4.05. The van der Waals surface area contributed by atoms with Crippen molar-refractivity contribution < 1.29 is 29.0 Å². The maximum Gasteiger partial charge on any atom is 0.407 e. The van der Waals surface area contributed by atoms with Crippen LogP contribution in [0.3, 0.4) is 0 Å². The normalized spacial score (nSPS) is 13.8. The molecular formula is C19H27N3O6. The standard InChI is InChI=1S/C19H27N3O6/c1-11(2)15(22-19(27)28-4)17(24)21-14(10-13-8-6-5-7-9-13)16(23)20-12(3)18(25)26/h5-9,11-12,14-15H,10H2,1-4H3,(H,20,23)(H,21,24)(H,22,27)(H,25,26). The van der Waals surface area contributed by atoms with Crippen molar-refractivity contribution in [1.82, 2.24) is 16.0 Å². The molecule has 1 aromatic rings. The molecule has 28 heavy (non-hydrogen) atoms. The largest absolute Gasteiger partial charge is 0.480 e. The smallest absolute Gasteiger partial charge is 0.407 e. The third-order valence-electron chi connectivity index (χ3n) is 4.05. The molecule has 0 heterocycles. The van der Waals surface area contributed by atoms with Gasteiger partial charge in [0.25, 0.3) is 0 Å². The molecule has 0 saturated carbocycles. The van der Waals surface area contributed by atoms with Crippen LogP contribution in [0, 0.1) is 5.92 Å². The Morgan fingerprint density at radius 2 is 1.57 bits per heavy atom. The lowest BCUT2D eigenvalue weighted by Crippen LogP contribution is -2.57. The van der Waals surface area contributed by atoms with Gasteiger partial charge < -0.3 is 25.8 Å². The van der Waals surface area contributed by atoms with Gasteiger partial charge in [0.1, 0.15) is 18.1 Å². The van der Waals surface area contributed by atoms with Crippen molar-refractivity contribution >= 4 is 23.9 Å². The van der Waals surface area contributed by atoms with Crippen molar-refractivity contribution in [2.75, 3.05) is 7.11 Å². The average Bonchev–Trinajstić information content (AvgIpc) is 2.65. The van der Waals surface area contributed by atoms with Gasteiger partial charge in [-0.3, -0.25) is 14.4 Å². The van der Waals surface area contributed by atoms with Gasteiger partial charge in [0.05, 0.1) is 7.11 Å². The Morgan fingerprint density at radius 3 is 2.07 bits per heavy atom. The minimum atomic E-state index is -1.19. The Morgan fingerprint density at radius 1 is 0.964 bits per heavy atom. The highest BCUT2D eigenvalue weighted by molar-refractivity contribution is 5.93. The number of carbonyl (C=O) groups excluding carboxylic acids is 3. The van der Waals surface area contributed by atoms with Gasteiger partial charge in [-0.2, -0.15) is 0 Å². The van der Waals surface area contributed by atoms with Crippen molar-refractivity contribution in [2.45, 2.75) is 45.3 Å². The lowest BCUT2D eigenvalue weighted by atomic mass is 10.0. The highest BCUT2D eigenvalue weighted by Gasteiger charge is 2.30. The summed E-state index contributed by atoms with van der Waals surface area (Å²) in [6.45, 7) is 4.80. The van der Waals surface area contributed by atoms with Gasteiger partial charge in [0.15, 0.2) is 0 Å². The molecule has 4 N–H and O–H groups in total. The van der Waals surface area contributed by atoms with Crippen LogP contribution in [0.5, 0.6) is 0 Å². The van der Waals surface area contributed by atoms with Gasteiger partial charge in [-0.05, 0) is 18.4 Å². The third kappa shape index (κ3) is 7.26. The molecule has 0 aromatic heterocycles. The van der Waals surface area contributed by atoms with Crippen LogP contribution < -0.4 is 16.0 Å². The number of methoxy groups -OCH3 is 1. The SMILES string of the molecule is COC(=O)NC(C(=O)NC(Cc1ccccc1)C(=O)NC(C)C(=O)O)C(C)C. The molecule has 1 aromatic carbocycles. The van der Waals surface area contributed by atoms with Crippen LogP contribution in [0.15, 0.2) is 30.3 Å². The second-order valence-corrected chi connectivity index (χ2v) is 6.68. The minimum absolute atomic E-state index is 0.161. The molecule has 154 valence electrons. The molecular weight excluding hydrogens is 366 g/mol. The van der Waals surface area contributed by atoms with Gasteiger partial charge in [-0.1, -0.05) is 44.2 Å². The summed E-state index contributed by atoms with van der Waals surface area (Å²) in [6.07, 6.45) is -0.606. The summed E-state index contributed by atoms with van der Waals surface area (Å²) in [7, 11) is 1.18. The molecule has 0 aliphatic rings. The second-order valence-electron chi connectivity index (χ2n) is 6.68. The Hall–Kier alpha value is -3.10. The van der Waals surface area contributed by atoms with Crippen LogP contribution in [0.4, 0.5) is 4.79 Å². The summed E-state index contributed by atoms with van der Waals surface area (Å²) in [5.41, 5.74) is 0.785. The number of ether oxygens (including phenoxy) is 1. The molecule has 9 nitrogen and oxygen atoms in total. The summed E-state index contributed by atoms with van der Waals surface area (Å²) in [4.78, 5) is 47.8. The van der Waals surface area contributed by atoms with Crippen molar-refractivity contribution in [1.29, 1.82) is 0 Å². The molecule has 3 unspecified atom stereocenters. The van der Waals surface area contributed by atoms with Crippen LogP contribution >= 0.6 is 0 Å². The van der Waals surface area contributed by atoms with Gasteiger partial charge >= 0.3 is 12.1 Å². The molecule has 3 amide bonds. The number of hydrogen-bond donors (Lipinski definition) is 4. The lowest BCUT2D eigenvalue weighted by molar-refractivity contribution is -0.141. The summed E-state index contributed by atoms with van der Waals surface area (Å²) in [6, 6.07) is 5.94. The number of rotatable bonds is 9. The quantitative estimate of drug-likeness (QED) is 0.488. The summed E-state index contributed by atoms with van der Waals surface area (Å²) >= 11 is 0. The Kier molecular flexibility index (Phi) is 8.94. The highest BCUT2D eigenvalue weighted by atomic mass is 16.5. The van der Waals surface area contributed by atoms with Crippen molar-refractivity contribution in [3.63, 3.8) is 0 Å². The zero-order valence-electron chi connectivity index (χ0n) is 16.4. The monoisotopic (exact) mass is 393 g/mol. The van der Waals surface area contributed by atoms with Gasteiger partial charge in [0, 0.05) is 6.42 Å². The topological polar surface area (TPSA) is 134 Å². The van der Waals surface area contributed by atoms with E-state index >= 15 is 0 Å². The second kappa shape index (κ2) is 10.9. The number of carboxylic acids is 1. The van der Waals surface area contributed by atoms with E-state index in [1.165, 1.54) is 14.0 Å². The number of carboxylic acid groups (broad SMARTS) is 1. The first-order valence-electron chi connectivity index (χ1n) is 8.87. The fraction of sp³-hybridized carbons (Fsp3) is 0.474. The van der Waals surface area contributed by atoms with E-state index in [9.17, 15) is 19.2 Å². The van der Waals surface area contributed by atoms with E-state index in [0.717, 1.165) is 5.56 Å². The molecule has 0 fully saturated rings. The number of benzene rings is 1. The van der Waals surface area contributed by atoms with Crippen LogP contribution in [-0.4, -0.2) is 54.2 Å². The predicted molar refractivity (Wildman–Crippen MR) is 101 cm³/mol. The maximum atomic E-state index is 12.7. The highest BCUT2D eigenvalue weighted by Crippen LogP contribution is 2.07. The van der Waals surface area contributed by atoms with Crippen LogP contribution in [0.25, 0.3) is 0 Å². The fourth-order valence-corrected chi connectivity index (χ4v) is 2.42. The van der Waals surface area contributed by atoms with E-state index in [4.69, 9.17) is 5.11 Å². The number of amides is 3. The average molecular weight is 393 g/mol. The molecule has 0 saturated heterocycles. The lowest BCUT2D eigenvalue weighted by Gasteiger charge is -2.25. The van der Waals surface area contributed by atoms with Crippen molar-refractivity contribution in [3.8, 4) is 0 Å². The Bertz CT molecular complexity index is 692. The minimum Gasteiger partial charge on any atom is -0.480 e. The van der Waals surface area contributed by atoms with Crippen molar-refractivity contribution in [3.05, 3.63) is 35.9 Å². The first-order chi connectivity index (χ1) is 13.1. The summed E-state index contributed by atoms with van der Waals surface area (Å²) in [5.74, 6) is -2.66. The van der Waals surface area contributed by atoms with Crippen molar-refractivity contribution in [2.24, 2.45) is 5.92 Å². The molecule has 0 aliphatic heterocycles. The zero-order chi connectivity index (χ0) is 21.3. The molecule has 0 radical (unpaired) electrons. The first-order valence-corrected chi connectivity index (χ1v) is 8.87. The van der Waals surface area contributed by atoms with E-state index in [2.05, 4.69) is 20.7 Å². The number of aliphatic carboxylic acids is 1. The number of hydrogen-bond acceptors (Lipinski definition) is 5. The fourth-order valence-electron chi connectivity index (χ4n) is 2.42. The maximum absolute atomic E-state index is 12.7. The summed E-state index contributed by atoms with van der Waals surface area (Å²) < 4.78 is 4.53. The van der Waals surface area contributed by atoms with E-state index in [0.29, 0.717) is 0 Å². The number of alkyl carbamates (subject to hydrolysis) is 1. The molecule has 0 spiro atoms. The number of nitrogens with one attached hydrogen (secondary N) is 3. The molecule has 9 heteroatoms. The molecule has 1 rings (SSSR count). The Balaban J connectivity index is 2.99. The van der Waals surface area contributed by atoms with E-state index in [1.54, 1.807) is 38.1 Å². The van der Waals surface area contributed by atoms with E-state index in [-0.39, 0.29) is 12.3 Å². The van der Waals surface area contributed by atoms with Crippen LogP contribution in [0.2, 0.25) is 0 Å². The Labute approximate surface area is 163 Å². The molecule has 3 atom stereocenters. The summed E-state index contributed by atoms with van der Waals surface area (Å²) in [5, 5.41) is 16.4.